The molecule has 14 heteroatoms. The zero-order valence-electron chi connectivity index (χ0n) is 22.0. The van der Waals surface area contributed by atoms with Crippen LogP contribution in [0, 0.1) is 5.82 Å². The fourth-order valence-electron chi connectivity index (χ4n) is 4.35. The highest BCUT2D eigenvalue weighted by atomic mass is 35.5. The van der Waals surface area contributed by atoms with Gasteiger partial charge in [0.2, 0.25) is 21.7 Å². The van der Waals surface area contributed by atoms with Crippen LogP contribution in [0.1, 0.15) is 5.56 Å². The summed E-state index contributed by atoms with van der Waals surface area (Å²) in [5.74, 6) is -0.309. The molecule has 1 aromatic carbocycles. The van der Waals surface area contributed by atoms with E-state index in [4.69, 9.17) is 25.8 Å². The molecular formula is C27H27ClFN5O6S. The number of aromatic nitrogens is 3. The summed E-state index contributed by atoms with van der Waals surface area (Å²) in [6.07, 6.45) is 4.59. The van der Waals surface area contributed by atoms with Gasteiger partial charge in [0.15, 0.2) is 0 Å². The van der Waals surface area contributed by atoms with Gasteiger partial charge in [-0.3, -0.25) is 14.1 Å². The van der Waals surface area contributed by atoms with Crippen molar-refractivity contribution in [3.05, 3.63) is 81.7 Å². The first-order chi connectivity index (χ1) is 19.7. The van der Waals surface area contributed by atoms with Crippen molar-refractivity contribution in [2.24, 2.45) is 0 Å². The SMILES string of the molecule is COc1ncc(-c2ccc3ncc(OCCN4CCOCC4)c(=O)n3c2)cc1CNS(=O)(=O)c1ccc(F)cc1Cl. The van der Waals surface area contributed by atoms with Crippen LogP contribution in [0.2, 0.25) is 5.02 Å². The molecule has 11 nitrogen and oxygen atoms in total. The number of pyridine rings is 2. The lowest BCUT2D eigenvalue weighted by atomic mass is 10.1. The van der Waals surface area contributed by atoms with Crippen molar-refractivity contribution in [3.63, 3.8) is 0 Å². The standard InChI is InChI=1S/C27H27ClFN5O6S/c1-38-26-20(15-32-41(36,37)24-4-3-21(29)13-22(24)28)12-19(14-31-26)18-2-5-25-30-16-23(27(35)34(25)17-18)40-11-8-33-6-9-39-10-7-33/h2-5,12-14,16-17,32H,6-11,15H2,1H3. The molecule has 0 aliphatic carbocycles. The Balaban J connectivity index is 1.37. The Morgan fingerprint density at radius 3 is 2.66 bits per heavy atom. The Hall–Kier alpha value is -3.62. The van der Waals surface area contributed by atoms with Crippen LogP contribution in [0.3, 0.4) is 0 Å². The number of hydrogen-bond acceptors (Lipinski definition) is 9. The van der Waals surface area contributed by atoms with E-state index in [1.54, 1.807) is 30.6 Å². The number of ether oxygens (including phenoxy) is 3. The molecule has 216 valence electrons. The lowest BCUT2D eigenvalue weighted by Crippen LogP contribution is -2.38. The molecule has 4 heterocycles. The lowest BCUT2D eigenvalue weighted by Gasteiger charge is -2.26. The first-order valence-corrected chi connectivity index (χ1v) is 14.5. The Labute approximate surface area is 240 Å². The van der Waals surface area contributed by atoms with Crippen molar-refractivity contribution in [2.45, 2.75) is 11.4 Å². The van der Waals surface area contributed by atoms with Crippen LogP contribution in [0.25, 0.3) is 16.8 Å². The normalized spacial score (nSPS) is 14.3. The van der Waals surface area contributed by atoms with Gasteiger partial charge in [-0.1, -0.05) is 11.6 Å². The molecule has 5 rings (SSSR count). The van der Waals surface area contributed by atoms with Crippen molar-refractivity contribution < 1.29 is 27.0 Å². The molecule has 4 aromatic rings. The molecule has 0 bridgehead atoms. The Morgan fingerprint density at radius 1 is 1.10 bits per heavy atom. The molecule has 1 fully saturated rings. The quantitative estimate of drug-likeness (QED) is 0.291. The summed E-state index contributed by atoms with van der Waals surface area (Å²) >= 11 is 5.95. The van der Waals surface area contributed by atoms with Crippen LogP contribution in [0.5, 0.6) is 11.6 Å². The molecule has 0 spiro atoms. The Kier molecular flexibility index (Phi) is 8.80. The molecule has 1 N–H and O–H groups in total. The maximum absolute atomic E-state index is 13.4. The maximum Gasteiger partial charge on any atom is 0.300 e. The van der Waals surface area contributed by atoms with Gasteiger partial charge in [-0.2, -0.15) is 0 Å². The second kappa shape index (κ2) is 12.5. The lowest BCUT2D eigenvalue weighted by molar-refractivity contribution is 0.0321. The van der Waals surface area contributed by atoms with Gasteiger partial charge >= 0.3 is 0 Å². The van der Waals surface area contributed by atoms with E-state index in [2.05, 4.69) is 19.6 Å². The van der Waals surface area contributed by atoms with Gasteiger partial charge in [-0.05, 0) is 36.4 Å². The maximum atomic E-state index is 13.4. The zero-order chi connectivity index (χ0) is 29.0. The van der Waals surface area contributed by atoms with Crippen molar-refractivity contribution in [2.75, 3.05) is 46.6 Å². The number of fused-ring (bicyclic) bond motifs is 1. The summed E-state index contributed by atoms with van der Waals surface area (Å²) in [5.41, 5.74) is 1.74. The van der Waals surface area contributed by atoms with E-state index in [1.807, 2.05) is 0 Å². The highest BCUT2D eigenvalue weighted by molar-refractivity contribution is 7.89. The minimum Gasteiger partial charge on any atom is -0.485 e. The first kappa shape index (κ1) is 28.9. The van der Waals surface area contributed by atoms with Crippen molar-refractivity contribution in [1.82, 2.24) is 24.0 Å². The van der Waals surface area contributed by atoms with Crippen molar-refractivity contribution in [1.29, 1.82) is 0 Å². The summed E-state index contributed by atoms with van der Waals surface area (Å²) in [4.78, 5) is 23.8. The molecule has 1 saturated heterocycles. The van der Waals surface area contributed by atoms with Crippen molar-refractivity contribution in [3.8, 4) is 22.8 Å². The molecule has 3 aromatic heterocycles. The highest BCUT2D eigenvalue weighted by Gasteiger charge is 2.20. The van der Waals surface area contributed by atoms with Crippen LogP contribution < -0.4 is 19.8 Å². The van der Waals surface area contributed by atoms with Gasteiger partial charge in [0.25, 0.3) is 5.56 Å². The van der Waals surface area contributed by atoms with Gasteiger partial charge < -0.3 is 14.2 Å². The third-order valence-corrected chi connectivity index (χ3v) is 8.41. The van der Waals surface area contributed by atoms with E-state index >= 15 is 0 Å². The van der Waals surface area contributed by atoms with Crippen LogP contribution >= 0.6 is 11.6 Å². The average Bonchev–Trinajstić information content (AvgIpc) is 2.97. The Morgan fingerprint density at radius 2 is 1.90 bits per heavy atom. The number of hydrogen-bond donors (Lipinski definition) is 1. The second-order valence-corrected chi connectivity index (χ2v) is 11.3. The minimum absolute atomic E-state index is 0.135. The van der Waals surface area contributed by atoms with E-state index in [-0.39, 0.29) is 33.7 Å². The van der Waals surface area contributed by atoms with Crippen LogP contribution in [0.15, 0.2) is 64.7 Å². The number of morpholine rings is 1. The molecule has 1 aliphatic heterocycles. The summed E-state index contributed by atoms with van der Waals surface area (Å²) in [7, 11) is -2.66. The topological polar surface area (TPSA) is 124 Å². The smallest absolute Gasteiger partial charge is 0.300 e. The molecule has 0 amide bonds. The molecular weight excluding hydrogens is 577 g/mol. The summed E-state index contributed by atoms with van der Waals surface area (Å²) in [6, 6.07) is 8.19. The number of methoxy groups -OCH3 is 1. The molecule has 0 saturated carbocycles. The summed E-state index contributed by atoms with van der Waals surface area (Å²) in [5, 5.41) is -0.240. The van der Waals surface area contributed by atoms with Crippen LogP contribution in [0.4, 0.5) is 4.39 Å². The minimum atomic E-state index is -4.07. The third kappa shape index (κ3) is 6.66. The molecule has 0 atom stereocenters. The highest BCUT2D eigenvalue weighted by Crippen LogP contribution is 2.26. The molecule has 41 heavy (non-hydrogen) atoms. The molecule has 1 aliphatic rings. The fourth-order valence-corrected chi connectivity index (χ4v) is 5.88. The van der Waals surface area contributed by atoms with Crippen molar-refractivity contribution >= 4 is 27.3 Å². The number of nitrogens with zero attached hydrogens (tertiary/aromatic N) is 4. The summed E-state index contributed by atoms with van der Waals surface area (Å²) < 4.78 is 59.3. The van der Waals surface area contributed by atoms with E-state index in [0.717, 1.165) is 31.3 Å². The predicted octanol–water partition coefficient (Wildman–Crippen LogP) is 2.75. The van der Waals surface area contributed by atoms with Gasteiger partial charge in [0.1, 0.15) is 23.0 Å². The zero-order valence-corrected chi connectivity index (χ0v) is 23.6. The summed E-state index contributed by atoms with van der Waals surface area (Å²) in [6.45, 7) is 3.83. The second-order valence-electron chi connectivity index (χ2n) is 9.17. The van der Waals surface area contributed by atoms with Gasteiger partial charge in [0.05, 0.1) is 31.5 Å². The Bertz CT molecular complexity index is 1730. The van der Waals surface area contributed by atoms with E-state index < -0.39 is 15.8 Å². The van der Waals surface area contributed by atoms with E-state index in [9.17, 15) is 17.6 Å². The van der Waals surface area contributed by atoms with Gasteiger partial charge in [0, 0.05) is 55.3 Å². The number of halogens is 2. The van der Waals surface area contributed by atoms with Crippen LogP contribution in [-0.2, 0) is 21.3 Å². The monoisotopic (exact) mass is 603 g/mol. The number of rotatable bonds is 10. The number of benzene rings is 1. The first-order valence-electron chi connectivity index (χ1n) is 12.7. The number of sulfonamides is 1. The number of nitrogens with one attached hydrogen (secondary N) is 1. The van der Waals surface area contributed by atoms with E-state index in [1.165, 1.54) is 17.7 Å². The largest absolute Gasteiger partial charge is 0.485 e. The third-order valence-electron chi connectivity index (χ3n) is 6.53. The predicted molar refractivity (Wildman–Crippen MR) is 149 cm³/mol. The molecule has 0 unspecified atom stereocenters. The van der Waals surface area contributed by atoms with Gasteiger partial charge in [-0.15, -0.1) is 0 Å². The average molecular weight is 604 g/mol. The van der Waals surface area contributed by atoms with Gasteiger partial charge in [-0.25, -0.2) is 27.5 Å². The molecule has 0 radical (unpaired) electrons. The van der Waals surface area contributed by atoms with E-state index in [0.29, 0.717) is 48.7 Å². The fraction of sp³-hybridized carbons (Fsp3) is 0.296. The van der Waals surface area contributed by atoms with Crippen LogP contribution in [-0.4, -0.2) is 74.3 Å².